The van der Waals surface area contributed by atoms with Crippen LogP contribution in [0.4, 0.5) is 5.69 Å². The Balaban J connectivity index is 2.01. The van der Waals surface area contributed by atoms with Crippen molar-refractivity contribution in [2.75, 3.05) is 5.73 Å². The Morgan fingerprint density at radius 2 is 1.78 bits per heavy atom. The zero-order valence-corrected chi connectivity index (χ0v) is 11.4. The van der Waals surface area contributed by atoms with Crippen molar-refractivity contribution in [2.24, 2.45) is 0 Å². The molecule has 0 amide bonds. The molecule has 2 rings (SSSR count). The maximum atomic E-state index is 8.94. The minimum atomic E-state index is 0.0441. The lowest BCUT2D eigenvalue weighted by Gasteiger charge is -2.08. The summed E-state index contributed by atoms with van der Waals surface area (Å²) in [4.78, 5) is 0. The number of hydrogen-bond donors (Lipinski definition) is 2. The molecule has 3 N–H and O–H groups in total. The molecule has 0 aliphatic carbocycles. The van der Waals surface area contributed by atoms with Gasteiger partial charge in [-0.25, -0.2) is 0 Å². The molecule has 94 valence electrons. The second-order valence-corrected chi connectivity index (χ2v) is 4.90. The summed E-state index contributed by atoms with van der Waals surface area (Å²) in [7, 11) is 0. The first-order chi connectivity index (χ1) is 8.67. The van der Waals surface area contributed by atoms with Crippen molar-refractivity contribution >= 4 is 21.6 Å². The van der Waals surface area contributed by atoms with E-state index in [9.17, 15) is 0 Å². The van der Waals surface area contributed by atoms with E-state index in [2.05, 4.69) is 15.9 Å². The highest BCUT2D eigenvalue weighted by Crippen LogP contribution is 2.19. The smallest absolute Gasteiger partial charge is 0.119 e. The lowest BCUT2D eigenvalue weighted by Crippen LogP contribution is -1.97. The lowest BCUT2D eigenvalue weighted by atomic mass is 10.2. The van der Waals surface area contributed by atoms with Gasteiger partial charge >= 0.3 is 0 Å². The number of nitrogen functional groups attached to an aromatic ring is 1. The molecule has 0 atom stereocenters. The van der Waals surface area contributed by atoms with Gasteiger partial charge in [0.25, 0.3) is 0 Å². The molecule has 0 unspecified atom stereocenters. The van der Waals surface area contributed by atoms with Crippen molar-refractivity contribution in [2.45, 2.75) is 13.2 Å². The second kappa shape index (κ2) is 5.89. The summed E-state index contributed by atoms with van der Waals surface area (Å²) >= 11 is 3.39. The third kappa shape index (κ3) is 3.48. The van der Waals surface area contributed by atoms with E-state index in [0.717, 1.165) is 21.3 Å². The van der Waals surface area contributed by atoms with E-state index in [4.69, 9.17) is 15.6 Å². The van der Waals surface area contributed by atoms with Gasteiger partial charge in [0.2, 0.25) is 0 Å². The summed E-state index contributed by atoms with van der Waals surface area (Å²) in [5, 5.41) is 8.94. The van der Waals surface area contributed by atoms with Crippen molar-refractivity contribution in [3.8, 4) is 5.75 Å². The van der Waals surface area contributed by atoms with Gasteiger partial charge in [-0.3, -0.25) is 0 Å². The fraction of sp³-hybridized carbons (Fsp3) is 0.143. The molecule has 18 heavy (non-hydrogen) atoms. The van der Waals surface area contributed by atoms with Crippen LogP contribution in [-0.4, -0.2) is 5.11 Å². The Hall–Kier alpha value is -1.52. The highest BCUT2D eigenvalue weighted by molar-refractivity contribution is 9.10. The van der Waals surface area contributed by atoms with Gasteiger partial charge in [0.1, 0.15) is 12.4 Å². The fourth-order valence-corrected chi connectivity index (χ4v) is 2.17. The molecule has 0 aromatic heterocycles. The number of ether oxygens (including phenoxy) is 1. The normalized spacial score (nSPS) is 10.3. The van der Waals surface area contributed by atoms with Crippen molar-refractivity contribution in [1.82, 2.24) is 0 Å². The van der Waals surface area contributed by atoms with Crippen LogP contribution in [0.2, 0.25) is 0 Å². The van der Waals surface area contributed by atoms with Crippen LogP contribution in [0.3, 0.4) is 0 Å². The summed E-state index contributed by atoms with van der Waals surface area (Å²) in [5.41, 5.74) is 8.34. The van der Waals surface area contributed by atoms with Crippen LogP contribution >= 0.6 is 15.9 Å². The van der Waals surface area contributed by atoms with Crippen LogP contribution in [0.5, 0.6) is 5.75 Å². The third-order valence-electron chi connectivity index (χ3n) is 2.49. The van der Waals surface area contributed by atoms with Crippen molar-refractivity contribution in [3.63, 3.8) is 0 Å². The molecule has 2 aromatic carbocycles. The van der Waals surface area contributed by atoms with Crippen LogP contribution in [-0.2, 0) is 13.2 Å². The Kier molecular flexibility index (Phi) is 4.23. The maximum Gasteiger partial charge on any atom is 0.119 e. The standard InChI is InChI=1S/C14H14BrNO2/c15-12-5-11(6-13(16)7-12)9-18-14-3-1-10(8-17)2-4-14/h1-7,17H,8-9,16H2. The number of hydrogen-bond acceptors (Lipinski definition) is 3. The zero-order chi connectivity index (χ0) is 13.0. The maximum absolute atomic E-state index is 8.94. The molecule has 0 bridgehead atoms. The average Bonchev–Trinajstić information content (AvgIpc) is 2.36. The number of aliphatic hydroxyl groups excluding tert-OH is 1. The van der Waals surface area contributed by atoms with Gasteiger partial charge in [0.05, 0.1) is 6.61 Å². The van der Waals surface area contributed by atoms with Gasteiger partial charge in [0, 0.05) is 10.2 Å². The van der Waals surface area contributed by atoms with E-state index in [0.29, 0.717) is 12.3 Å². The van der Waals surface area contributed by atoms with E-state index in [-0.39, 0.29) is 6.61 Å². The fourth-order valence-electron chi connectivity index (χ4n) is 1.62. The molecule has 3 nitrogen and oxygen atoms in total. The summed E-state index contributed by atoms with van der Waals surface area (Å²) < 4.78 is 6.58. The highest BCUT2D eigenvalue weighted by atomic mass is 79.9. The Morgan fingerprint density at radius 1 is 1.06 bits per heavy atom. The van der Waals surface area contributed by atoms with Crippen LogP contribution in [0.15, 0.2) is 46.9 Å². The Bertz CT molecular complexity index is 506. The third-order valence-corrected chi connectivity index (χ3v) is 2.95. The summed E-state index contributed by atoms with van der Waals surface area (Å²) in [6, 6.07) is 13.1. The van der Waals surface area contributed by atoms with Gasteiger partial charge in [-0.2, -0.15) is 0 Å². The van der Waals surface area contributed by atoms with Crippen LogP contribution in [0.1, 0.15) is 11.1 Å². The number of rotatable bonds is 4. The molecule has 0 saturated carbocycles. The SMILES string of the molecule is Nc1cc(Br)cc(COc2ccc(CO)cc2)c1. The van der Waals surface area contributed by atoms with E-state index in [1.807, 2.05) is 42.5 Å². The average molecular weight is 308 g/mol. The van der Waals surface area contributed by atoms with Crippen molar-refractivity contribution in [3.05, 3.63) is 58.1 Å². The summed E-state index contributed by atoms with van der Waals surface area (Å²) in [6.07, 6.45) is 0. The molecule has 2 aromatic rings. The van der Waals surface area contributed by atoms with Crippen LogP contribution in [0, 0.1) is 0 Å². The lowest BCUT2D eigenvalue weighted by molar-refractivity contribution is 0.280. The number of nitrogens with two attached hydrogens (primary N) is 1. The quantitative estimate of drug-likeness (QED) is 0.853. The predicted molar refractivity (Wildman–Crippen MR) is 75.3 cm³/mol. The first-order valence-electron chi connectivity index (χ1n) is 5.55. The Labute approximate surface area is 114 Å². The number of halogens is 1. The Morgan fingerprint density at radius 3 is 2.39 bits per heavy atom. The van der Waals surface area contributed by atoms with E-state index >= 15 is 0 Å². The molecule has 0 aliphatic rings. The molecule has 0 saturated heterocycles. The highest BCUT2D eigenvalue weighted by Gasteiger charge is 1.99. The molecule has 0 spiro atoms. The second-order valence-electron chi connectivity index (χ2n) is 3.98. The monoisotopic (exact) mass is 307 g/mol. The van der Waals surface area contributed by atoms with Gasteiger partial charge in [-0.1, -0.05) is 28.1 Å². The minimum Gasteiger partial charge on any atom is -0.489 e. The molecule has 0 heterocycles. The minimum absolute atomic E-state index is 0.0441. The van der Waals surface area contributed by atoms with Crippen LogP contribution in [0.25, 0.3) is 0 Å². The van der Waals surface area contributed by atoms with Crippen molar-refractivity contribution in [1.29, 1.82) is 0 Å². The van der Waals surface area contributed by atoms with Crippen molar-refractivity contribution < 1.29 is 9.84 Å². The molecule has 0 fully saturated rings. The molecular formula is C14H14BrNO2. The number of anilines is 1. The molecule has 0 aliphatic heterocycles. The van der Waals surface area contributed by atoms with Crippen LogP contribution < -0.4 is 10.5 Å². The largest absolute Gasteiger partial charge is 0.489 e. The summed E-state index contributed by atoms with van der Waals surface area (Å²) in [6.45, 7) is 0.505. The topological polar surface area (TPSA) is 55.5 Å². The van der Waals surface area contributed by atoms with E-state index < -0.39 is 0 Å². The molecule has 4 heteroatoms. The van der Waals surface area contributed by atoms with Gasteiger partial charge < -0.3 is 15.6 Å². The van der Waals surface area contributed by atoms with Gasteiger partial charge in [-0.05, 0) is 41.5 Å². The molecule has 0 radical (unpaired) electrons. The number of benzene rings is 2. The van der Waals surface area contributed by atoms with Gasteiger partial charge in [-0.15, -0.1) is 0 Å². The van der Waals surface area contributed by atoms with E-state index in [1.165, 1.54) is 0 Å². The molecular weight excluding hydrogens is 294 g/mol. The zero-order valence-electron chi connectivity index (χ0n) is 9.77. The van der Waals surface area contributed by atoms with E-state index in [1.54, 1.807) is 0 Å². The predicted octanol–water partition coefficient (Wildman–Crippen LogP) is 3.10. The summed E-state index contributed by atoms with van der Waals surface area (Å²) in [5.74, 6) is 0.769. The first-order valence-corrected chi connectivity index (χ1v) is 6.34. The van der Waals surface area contributed by atoms with Gasteiger partial charge in [0.15, 0.2) is 0 Å². The number of aliphatic hydroxyl groups is 1. The first kappa shape index (κ1) is 12.9.